The monoisotopic (exact) mass is 275 g/mol. The standard InChI is InChI=1S/C16H21NO3/c1-15(2)10-6-7-16(15,3)12(9-10)20-14(19)13-11(18)5-4-8-17-13/h4-5,8,10,12,18H,6-7,9H2,1-3H3. The number of aromatic nitrogens is 1. The summed E-state index contributed by atoms with van der Waals surface area (Å²) in [4.78, 5) is 16.1. The normalized spacial score (nSPS) is 34.1. The molecule has 0 aromatic carbocycles. The van der Waals surface area contributed by atoms with Crippen molar-refractivity contribution in [2.24, 2.45) is 16.7 Å². The Bertz CT molecular complexity index is 554. The van der Waals surface area contributed by atoms with E-state index >= 15 is 0 Å². The number of esters is 1. The highest BCUT2D eigenvalue weighted by molar-refractivity contribution is 5.90. The average Bonchev–Trinajstić information content (AvgIpc) is 2.72. The Morgan fingerprint density at radius 3 is 2.75 bits per heavy atom. The Kier molecular flexibility index (Phi) is 2.82. The molecule has 108 valence electrons. The molecule has 1 heterocycles. The van der Waals surface area contributed by atoms with Crippen LogP contribution in [0.4, 0.5) is 0 Å². The van der Waals surface area contributed by atoms with Gasteiger partial charge in [-0.3, -0.25) is 0 Å². The van der Waals surface area contributed by atoms with Crippen molar-refractivity contribution in [2.45, 2.75) is 46.1 Å². The molecule has 2 aliphatic rings. The largest absolute Gasteiger partial charge is 0.505 e. The Hall–Kier alpha value is -1.58. The lowest BCUT2D eigenvalue weighted by Gasteiger charge is -2.38. The minimum absolute atomic E-state index is 0.0108. The van der Waals surface area contributed by atoms with Gasteiger partial charge in [-0.15, -0.1) is 0 Å². The van der Waals surface area contributed by atoms with Crippen LogP contribution in [-0.2, 0) is 4.74 Å². The maximum absolute atomic E-state index is 12.2. The lowest BCUT2D eigenvalue weighted by atomic mass is 9.70. The minimum atomic E-state index is -0.516. The van der Waals surface area contributed by atoms with Crippen LogP contribution in [0.25, 0.3) is 0 Å². The van der Waals surface area contributed by atoms with Crippen molar-refractivity contribution in [3.63, 3.8) is 0 Å². The van der Waals surface area contributed by atoms with E-state index in [9.17, 15) is 9.90 Å². The first-order valence-electron chi connectivity index (χ1n) is 7.21. The van der Waals surface area contributed by atoms with Crippen LogP contribution in [0.15, 0.2) is 18.3 Å². The molecular formula is C16H21NO3. The molecule has 1 aromatic rings. The van der Waals surface area contributed by atoms with Crippen LogP contribution in [0.3, 0.4) is 0 Å². The first-order chi connectivity index (χ1) is 9.36. The summed E-state index contributed by atoms with van der Waals surface area (Å²) in [7, 11) is 0. The Morgan fingerprint density at radius 2 is 2.20 bits per heavy atom. The topological polar surface area (TPSA) is 59.4 Å². The van der Waals surface area contributed by atoms with Crippen LogP contribution < -0.4 is 0 Å². The Balaban J connectivity index is 1.81. The van der Waals surface area contributed by atoms with Gasteiger partial charge in [-0.1, -0.05) is 20.8 Å². The van der Waals surface area contributed by atoms with Gasteiger partial charge in [-0.05, 0) is 42.7 Å². The van der Waals surface area contributed by atoms with Crippen molar-refractivity contribution in [3.05, 3.63) is 24.0 Å². The highest BCUT2D eigenvalue weighted by Crippen LogP contribution is 2.66. The number of nitrogens with zero attached hydrogens (tertiary/aromatic N) is 1. The van der Waals surface area contributed by atoms with Gasteiger partial charge in [0.05, 0.1) is 0 Å². The van der Waals surface area contributed by atoms with Crippen molar-refractivity contribution in [1.29, 1.82) is 0 Å². The maximum Gasteiger partial charge on any atom is 0.361 e. The van der Waals surface area contributed by atoms with E-state index in [-0.39, 0.29) is 28.4 Å². The molecule has 0 spiro atoms. The molecule has 3 unspecified atom stereocenters. The van der Waals surface area contributed by atoms with Gasteiger partial charge in [0.25, 0.3) is 0 Å². The van der Waals surface area contributed by atoms with E-state index in [1.54, 1.807) is 6.07 Å². The predicted octanol–water partition coefficient (Wildman–Crippen LogP) is 3.16. The summed E-state index contributed by atoms with van der Waals surface area (Å²) in [5.74, 6) is -0.0228. The Labute approximate surface area is 119 Å². The smallest absolute Gasteiger partial charge is 0.361 e. The third-order valence-corrected chi connectivity index (χ3v) is 5.94. The van der Waals surface area contributed by atoms with Gasteiger partial charge < -0.3 is 9.84 Å². The quantitative estimate of drug-likeness (QED) is 0.842. The molecule has 0 aliphatic heterocycles. The molecule has 0 amide bonds. The molecule has 0 radical (unpaired) electrons. The van der Waals surface area contributed by atoms with Crippen LogP contribution in [0.5, 0.6) is 5.75 Å². The number of hydrogen-bond acceptors (Lipinski definition) is 4. The van der Waals surface area contributed by atoms with Crippen LogP contribution in [-0.4, -0.2) is 22.2 Å². The van der Waals surface area contributed by atoms with Gasteiger partial charge in [-0.2, -0.15) is 0 Å². The molecular weight excluding hydrogens is 254 g/mol. The molecule has 2 saturated carbocycles. The molecule has 3 atom stereocenters. The molecule has 2 fully saturated rings. The summed E-state index contributed by atoms with van der Waals surface area (Å²) >= 11 is 0. The minimum Gasteiger partial charge on any atom is -0.505 e. The van der Waals surface area contributed by atoms with Gasteiger partial charge in [0.15, 0.2) is 5.69 Å². The maximum atomic E-state index is 12.2. The second kappa shape index (κ2) is 4.21. The Morgan fingerprint density at radius 1 is 1.45 bits per heavy atom. The van der Waals surface area contributed by atoms with Crippen molar-refractivity contribution < 1.29 is 14.6 Å². The van der Waals surface area contributed by atoms with Crippen molar-refractivity contribution in [2.75, 3.05) is 0 Å². The summed E-state index contributed by atoms with van der Waals surface area (Å²) in [5.41, 5.74) is 0.235. The first kappa shape index (κ1) is 13.4. The van der Waals surface area contributed by atoms with Gasteiger partial charge in [-0.25, -0.2) is 9.78 Å². The fourth-order valence-electron chi connectivity index (χ4n) is 4.05. The fourth-order valence-corrected chi connectivity index (χ4v) is 4.05. The fraction of sp³-hybridized carbons (Fsp3) is 0.625. The van der Waals surface area contributed by atoms with E-state index in [4.69, 9.17) is 4.74 Å². The van der Waals surface area contributed by atoms with E-state index in [2.05, 4.69) is 25.8 Å². The SMILES string of the molecule is CC1(C)C2CCC1(C)C(OC(=O)c1ncccc1O)C2. The first-order valence-corrected chi connectivity index (χ1v) is 7.21. The number of carbonyl (C=O) groups is 1. The molecule has 2 aliphatic carbocycles. The summed E-state index contributed by atoms with van der Waals surface area (Å²) in [6.07, 6.45) is 4.64. The second-order valence-corrected chi connectivity index (χ2v) is 6.88. The van der Waals surface area contributed by atoms with Crippen LogP contribution in [0.1, 0.15) is 50.5 Å². The number of fused-ring (bicyclic) bond motifs is 2. The van der Waals surface area contributed by atoms with Gasteiger partial charge >= 0.3 is 5.97 Å². The van der Waals surface area contributed by atoms with Crippen molar-refractivity contribution >= 4 is 5.97 Å². The summed E-state index contributed by atoms with van der Waals surface area (Å²) in [6.45, 7) is 6.77. The van der Waals surface area contributed by atoms with E-state index < -0.39 is 5.97 Å². The zero-order chi connectivity index (χ0) is 14.5. The molecule has 3 rings (SSSR count). The number of carbonyl (C=O) groups excluding carboxylic acids is 1. The summed E-state index contributed by atoms with van der Waals surface area (Å²) in [6, 6.07) is 3.05. The summed E-state index contributed by atoms with van der Waals surface area (Å²) in [5, 5.41) is 9.69. The van der Waals surface area contributed by atoms with Gasteiger partial charge in [0.2, 0.25) is 0 Å². The highest BCUT2D eigenvalue weighted by atomic mass is 16.5. The van der Waals surface area contributed by atoms with E-state index in [1.165, 1.54) is 18.7 Å². The molecule has 4 nitrogen and oxygen atoms in total. The zero-order valence-electron chi connectivity index (χ0n) is 12.2. The van der Waals surface area contributed by atoms with E-state index in [1.807, 2.05) is 0 Å². The van der Waals surface area contributed by atoms with Crippen LogP contribution >= 0.6 is 0 Å². The molecule has 1 N–H and O–H groups in total. The number of rotatable bonds is 2. The average molecular weight is 275 g/mol. The van der Waals surface area contributed by atoms with Crippen molar-refractivity contribution in [3.8, 4) is 5.75 Å². The van der Waals surface area contributed by atoms with Gasteiger partial charge in [0.1, 0.15) is 11.9 Å². The predicted molar refractivity (Wildman–Crippen MR) is 74.3 cm³/mol. The third-order valence-electron chi connectivity index (χ3n) is 5.94. The lowest BCUT2D eigenvalue weighted by molar-refractivity contribution is -0.0249. The number of hydrogen-bond donors (Lipinski definition) is 1. The van der Waals surface area contributed by atoms with Crippen LogP contribution in [0, 0.1) is 16.7 Å². The van der Waals surface area contributed by atoms with E-state index in [0.29, 0.717) is 5.92 Å². The number of ether oxygens (including phenoxy) is 1. The molecule has 2 bridgehead atoms. The third kappa shape index (κ3) is 1.67. The lowest BCUT2D eigenvalue weighted by Crippen LogP contribution is -2.38. The molecule has 1 aromatic heterocycles. The van der Waals surface area contributed by atoms with E-state index in [0.717, 1.165) is 12.8 Å². The highest BCUT2D eigenvalue weighted by Gasteiger charge is 2.62. The molecule has 0 saturated heterocycles. The zero-order valence-corrected chi connectivity index (χ0v) is 12.2. The molecule has 20 heavy (non-hydrogen) atoms. The molecule has 4 heteroatoms. The number of aromatic hydroxyl groups is 1. The van der Waals surface area contributed by atoms with Gasteiger partial charge in [0, 0.05) is 11.6 Å². The number of pyridine rings is 1. The summed E-state index contributed by atoms with van der Waals surface area (Å²) < 4.78 is 5.69. The van der Waals surface area contributed by atoms with Crippen LogP contribution in [0.2, 0.25) is 0 Å². The van der Waals surface area contributed by atoms with Crippen molar-refractivity contribution in [1.82, 2.24) is 4.98 Å². The second-order valence-electron chi connectivity index (χ2n) is 6.88.